The number of nitrogens with zero attached hydrogens (tertiary/aromatic N) is 1. The molecule has 6 heteroatoms. The number of aromatic amines is 1. The molecule has 4 nitrogen and oxygen atoms in total. The number of carbonyl (C=O) groups is 1. The normalized spacial score (nSPS) is 10.4. The summed E-state index contributed by atoms with van der Waals surface area (Å²) in [6, 6.07) is 5.27. The lowest BCUT2D eigenvalue weighted by molar-refractivity contribution is 0.0697. The van der Waals surface area contributed by atoms with Crippen molar-refractivity contribution in [3.05, 3.63) is 52.4 Å². The monoisotopic (exact) mass is 308 g/mol. The number of benzene rings is 1. The Labute approximate surface area is 125 Å². The molecule has 0 fully saturated rings. The van der Waals surface area contributed by atoms with Gasteiger partial charge in [-0.2, -0.15) is 0 Å². The number of fused-ring (bicyclic) bond motifs is 1. The zero-order valence-corrected chi connectivity index (χ0v) is 12.3. The summed E-state index contributed by atoms with van der Waals surface area (Å²) in [5.41, 5.74) is 1.47. The molecule has 0 radical (unpaired) electrons. The summed E-state index contributed by atoms with van der Waals surface area (Å²) >= 11 is 1.69. The number of halogens is 1. The van der Waals surface area contributed by atoms with E-state index in [2.05, 4.69) is 9.97 Å². The zero-order valence-electron chi connectivity index (χ0n) is 10.7. The highest BCUT2D eigenvalue weighted by Crippen LogP contribution is 2.32. The van der Waals surface area contributed by atoms with Crippen LogP contribution >= 0.6 is 23.7 Å². The fraction of sp³-hybridized carbons (Fsp3) is 0.143. The van der Waals surface area contributed by atoms with Gasteiger partial charge in [-0.3, -0.25) is 0 Å². The van der Waals surface area contributed by atoms with Crippen molar-refractivity contribution in [2.24, 2.45) is 0 Å². The Balaban J connectivity index is 0.00000147. The summed E-state index contributed by atoms with van der Waals surface area (Å²) in [4.78, 5) is 19.5. The van der Waals surface area contributed by atoms with E-state index in [0.717, 1.165) is 27.9 Å². The lowest BCUT2D eigenvalue weighted by Gasteiger charge is -1.97. The van der Waals surface area contributed by atoms with Gasteiger partial charge in [-0.05, 0) is 36.1 Å². The quantitative estimate of drug-likeness (QED) is 0.776. The maximum atomic E-state index is 11.0. The van der Waals surface area contributed by atoms with E-state index in [-0.39, 0.29) is 12.4 Å². The average Bonchev–Trinajstić information content (AvgIpc) is 2.99. The van der Waals surface area contributed by atoms with Gasteiger partial charge in [0.2, 0.25) is 0 Å². The number of rotatable bonds is 3. The summed E-state index contributed by atoms with van der Waals surface area (Å²) in [5.74, 6) is 0.0354. The van der Waals surface area contributed by atoms with Gasteiger partial charge in [-0.25, -0.2) is 9.78 Å². The van der Waals surface area contributed by atoms with Gasteiger partial charge in [-0.15, -0.1) is 23.7 Å². The molecule has 0 spiro atoms. The van der Waals surface area contributed by atoms with E-state index in [1.807, 2.05) is 13.0 Å². The zero-order chi connectivity index (χ0) is 13.4. The number of H-pyrrole nitrogens is 1. The molecule has 0 aliphatic rings. The van der Waals surface area contributed by atoms with Gasteiger partial charge >= 0.3 is 5.97 Å². The average molecular weight is 309 g/mol. The summed E-state index contributed by atoms with van der Waals surface area (Å²) < 4.78 is 1.11. The SMILES string of the molecule is Cc1c(Cc2ncc[nH]2)sc2ccc(C(=O)O)cc12.Cl. The van der Waals surface area contributed by atoms with Crippen molar-refractivity contribution >= 4 is 39.8 Å². The standard InChI is InChI=1S/C14H12N2O2S.ClH/c1-8-10-6-9(14(17)18)2-3-11(10)19-12(8)7-13-15-4-5-16-13;/h2-6H,7H2,1H3,(H,15,16)(H,17,18);1H. The van der Waals surface area contributed by atoms with Crippen molar-refractivity contribution in [1.29, 1.82) is 0 Å². The van der Waals surface area contributed by atoms with Crippen LogP contribution < -0.4 is 0 Å². The van der Waals surface area contributed by atoms with Gasteiger partial charge < -0.3 is 10.1 Å². The molecule has 3 aromatic rings. The third kappa shape index (κ3) is 2.55. The van der Waals surface area contributed by atoms with Crippen LogP contribution in [-0.4, -0.2) is 21.0 Å². The highest BCUT2D eigenvalue weighted by Gasteiger charge is 2.12. The second-order valence-electron chi connectivity index (χ2n) is 4.38. The van der Waals surface area contributed by atoms with E-state index in [0.29, 0.717) is 5.56 Å². The van der Waals surface area contributed by atoms with Crippen molar-refractivity contribution in [3.63, 3.8) is 0 Å². The minimum atomic E-state index is -0.889. The Morgan fingerprint density at radius 2 is 2.25 bits per heavy atom. The first kappa shape index (κ1) is 14.6. The molecule has 104 valence electrons. The molecule has 0 aliphatic heterocycles. The number of aromatic carboxylic acids is 1. The molecule has 2 N–H and O–H groups in total. The maximum Gasteiger partial charge on any atom is 0.335 e. The Bertz CT molecular complexity index is 750. The Morgan fingerprint density at radius 1 is 1.45 bits per heavy atom. The van der Waals surface area contributed by atoms with Gasteiger partial charge in [-0.1, -0.05) is 0 Å². The van der Waals surface area contributed by atoms with Crippen LogP contribution in [0.2, 0.25) is 0 Å². The van der Waals surface area contributed by atoms with Crippen LogP contribution in [-0.2, 0) is 6.42 Å². The largest absolute Gasteiger partial charge is 0.478 e. The number of hydrogen-bond donors (Lipinski definition) is 2. The minimum Gasteiger partial charge on any atom is -0.478 e. The van der Waals surface area contributed by atoms with Gasteiger partial charge in [0.15, 0.2) is 0 Å². The number of aryl methyl sites for hydroxylation is 1. The van der Waals surface area contributed by atoms with Crippen molar-refractivity contribution in [2.45, 2.75) is 13.3 Å². The topological polar surface area (TPSA) is 66.0 Å². The number of imidazole rings is 1. The molecule has 0 bridgehead atoms. The molecular formula is C14H13ClN2O2S. The molecular weight excluding hydrogens is 296 g/mol. The van der Waals surface area contributed by atoms with Gasteiger partial charge in [0.05, 0.1) is 5.56 Å². The molecule has 2 heterocycles. The van der Waals surface area contributed by atoms with E-state index >= 15 is 0 Å². The molecule has 20 heavy (non-hydrogen) atoms. The number of aromatic nitrogens is 2. The van der Waals surface area contributed by atoms with Crippen LogP contribution in [0.3, 0.4) is 0 Å². The lowest BCUT2D eigenvalue weighted by Crippen LogP contribution is -1.94. The van der Waals surface area contributed by atoms with E-state index in [4.69, 9.17) is 5.11 Å². The number of nitrogens with one attached hydrogen (secondary N) is 1. The predicted molar refractivity (Wildman–Crippen MR) is 82.2 cm³/mol. The van der Waals surface area contributed by atoms with Gasteiger partial charge in [0.1, 0.15) is 5.82 Å². The van der Waals surface area contributed by atoms with E-state index in [1.54, 1.807) is 35.9 Å². The number of hydrogen-bond acceptors (Lipinski definition) is 3. The second-order valence-corrected chi connectivity index (χ2v) is 5.52. The first-order valence-corrected chi connectivity index (χ1v) is 6.70. The molecule has 0 amide bonds. The highest BCUT2D eigenvalue weighted by molar-refractivity contribution is 7.19. The van der Waals surface area contributed by atoms with Crippen LogP contribution in [0.1, 0.15) is 26.6 Å². The van der Waals surface area contributed by atoms with Gasteiger partial charge in [0.25, 0.3) is 0 Å². The predicted octanol–water partition coefficient (Wildman–Crippen LogP) is 3.64. The summed E-state index contributed by atoms with van der Waals surface area (Å²) in [6.45, 7) is 2.03. The third-order valence-electron chi connectivity index (χ3n) is 3.16. The minimum absolute atomic E-state index is 0. The van der Waals surface area contributed by atoms with Crippen LogP contribution in [0.5, 0.6) is 0 Å². The summed E-state index contributed by atoms with van der Waals surface area (Å²) in [7, 11) is 0. The first-order valence-electron chi connectivity index (χ1n) is 5.88. The third-order valence-corrected chi connectivity index (χ3v) is 4.44. The van der Waals surface area contributed by atoms with Crippen LogP contribution in [0.25, 0.3) is 10.1 Å². The van der Waals surface area contributed by atoms with Crippen LogP contribution in [0.15, 0.2) is 30.6 Å². The molecule has 1 aromatic carbocycles. The maximum absolute atomic E-state index is 11.0. The van der Waals surface area contributed by atoms with Crippen LogP contribution in [0, 0.1) is 6.92 Å². The highest BCUT2D eigenvalue weighted by atomic mass is 35.5. The fourth-order valence-electron chi connectivity index (χ4n) is 2.12. The first-order chi connectivity index (χ1) is 9.15. The fourth-order valence-corrected chi connectivity index (χ4v) is 3.32. The lowest BCUT2D eigenvalue weighted by atomic mass is 10.1. The second kappa shape index (κ2) is 5.64. The molecule has 0 aliphatic carbocycles. The molecule has 2 aromatic heterocycles. The van der Waals surface area contributed by atoms with E-state index < -0.39 is 5.97 Å². The van der Waals surface area contributed by atoms with Crippen molar-refractivity contribution < 1.29 is 9.90 Å². The summed E-state index contributed by atoms with van der Waals surface area (Å²) in [5, 5.41) is 10.1. The number of thiophene rings is 1. The smallest absolute Gasteiger partial charge is 0.335 e. The Kier molecular flexibility index (Phi) is 4.11. The van der Waals surface area contributed by atoms with Crippen molar-refractivity contribution in [1.82, 2.24) is 9.97 Å². The molecule has 0 atom stereocenters. The molecule has 0 saturated carbocycles. The Hall–Kier alpha value is -1.85. The van der Waals surface area contributed by atoms with Crippen molar-refractivity contribution in [2.75, 3.05) is 0 Å². The molecule has 0 saturated heterocycles. The van der Waals surface area contributed by atoms with Crippen molar-refractivity contribution in [3.8, 4) is 0 Å². The molecule has 0 unspecified atom stereocenters. The molecule has 3 rings (SSSR count). The number of carboxylic acid groups (broad SMARTS) is 1. The van der Waals surface area contributed by atoms with E-state index in [1.165, 1.54) is 4.88 Å². The van der Waals surface area contributed by atoms with E-state index in [9.17, 15) is 4.79 Å². The van der Waals surface area contributed by atoms with Crippen LogP contribution in [0.4, 0.5) is 0 Å². The number of carboxylic acids is 1. The summed E-state index contributed by atoms with van der Waals surface area (Å²) in [6.07, 6.45) is 4.29. The van der Waals surface area contributed by atoms with Gasteiger partial charge in [0, 0.05) is 28.4 Å². The Morgan fingerprint density at radius 3 is 2.90 bits per heavy atom.